The quantitative estimate of drug-likeness (QED) is 0.129. The minimum atomic E-state index is -1.17. The van der Waals surface area contributed by atoms with Crippen molar-refractivity contribution in [3.05, 3.63) is 121 Å². The second-order valence-corrected chi connectivity index (χ2v) is 7.88. The van der Waals surface area contributed by atoms with Crippen LogP contribution in [0, 0.1) is 5.92 Å². The standard InChI is InChI=1S/C29H36F4/c1-10-12-14-16-22(6)26(30)27(31)24(8)20(4)17-18-21(5)25(9)29(33)28(32)23(7)19(3)15-13-11-2/h10,12,17-19H,4-9,11,13-16H2,1-3H3/b12-10+,18-17-,27-26-,29-28-. The largest absolute Gasteiger partial charge is 0.203 e. The summed E-state index contributed by atoms with van der Waals surface area (Å²) in [6.45, 7) is 27.2. The van der Waals surface area contributed by atoms with Gasteiger partial charge in [0.2, 0.25) is 0 Å². The van der Waals surface area contributed by atoms with Crippen LogP contribution in [-0.2, 0) is 0 Å². The fraction of sp³-hybridized carbons (Fsp3) is 0.310. The van der Waals surface area contributed by atoms with E-state index in [0.29, 0.717) is 12.8 Å². The number of rotatable bonds is 15. The van der Waals surface area contributed by atoms with Crippen LogP contribution in [0.5, 0.6) is 0 Å². The average molecular weight is 461 g/mol. The van der Waals surface area contributed by atoms with Crippen LogP contribution in [0.25, 0.3) is 0 Å². The van der Waals surface area contributed by atoms with E-state index in [-0.39, 0.29) is 45.8 Å². The molecule has 0 bridgehead atoms. The Morgan fingerprint density at radius 2 is 1.27 bits per heavy atom. The van der Waals surface area contributed by atoms with Crippen LogP contribution in [0.15, 0.2) is 121 Å². The summed E-state index contributed by atoms with van der Waals surface area (Å²) in [6, 6.07) is 0. The summed E-state index contributed by atoms with van der Waals surface area (Å²) in [4.78, 5) is 0. The number of halogens is 4. The summed E-state index contributed by atoms with van der Waals surface area (Å²) >= 11 is 0. The van der Waals surface area contributed by atoms with Gasteiger partial charge in [-0.05, 0) is 54.4 Å². The van der Waals surface area contributed by atoms with E-state index in [4.69, 9.17) is 0 Å². The van der Waals surface area contributed by atoms with E-state index in [1.165, 1.54) is 12.2 Å². The van der Waals surface area contributed by atoms with Gasteiger partial charge in [-0.15, -0.1) is 0 Å². The summed E-state index contributed by atoms with van der Waals surface area (Å²) in [5.41, 5.74) is -0.391. The topological polar surface area (TPSA) is 0 Å². The Morgan fingerprint density at radius 3 is 1.73 bits per heavy atom. The Kier molecular flexibility index (Phi) is 13.7. The number of allylic oxidation sites excluding steroid dienone is 14. The zero-order valence-corrected chi connectivity index (χ0v) is 20.2. The maximum absolute atomic E-state index is 14.6. The van der Waals surface area contributed by atoms with Crippen LogP contribution in [0.2, 0.25) is 0 Å². The van der Waals surface area contributed by atoms with Gasteiger partial charge in [0, 0.05) is 11.1 Å². The summed E-state index contributed by atoms with van der Waals surface area (Å²) in [6.07, 6.45) is 9.52. The second-order valence-electron chi connectivity index (χ2n) is 7.88. The minimum absolute atomic E-state index is 0.0115. The molecule has 0 aromatic carbocycles. The fourth-order valence-electron chi connectivity index (χ4n) is 2.68. The molecule has 180 valence electrons. The zero-order valence-electron chi connectivity index (χ0n) is 20.2. The molecule has 0 N–H and O–H groups in total. The predicted molar refractivity (Wildman–Crippen MR) is 135 cm³/mol. The molecule has 0 fully saturated rings. The Bertz CT molecular complexity index is 919. The SMILES string of the molecule is C=C(/C=C\C(=C)C(=C)/C(F)=C(/F)C(=C)C(C)CCCC)C(=C)/C(F)=C(/F)C(=C)CC/C=C/C. The number of unbranched alkanes of at least 4 members (excludes halogenated alkanes) is 1. The molecule has 1 unspecified atom stereocenters. The molecule has 0 nitrogen and oxygen atoms in total. The first-order valence-corrected chi connectivity index (χ1v) is 10.9. The Hall–Kier alpha value is -2.88. The molecule has 0 saturated heterocycles. The van der Waals surface area contributed by atoms with Crippen molar-refractivity contribution in [1.82, 2.24) is 0 Å². The van der Waals surface area contributed by atoms with E-state index in [0.717, 1.165) is 12.8 Å². The summed E-state index contributed by atoms with van der Waals surface area (Å²) in [5, 5.41) is 0. The summed E-state index contributed by atoms with van der Waals surface area (Å²) in [5.74, 6) is -4.69. The molecule has 0 aromatic heterocycles. The van der Waals surface area contributed by atoms with Crippen molar-refractivity contribution >= 4 is 0 Å². The van der Waals surface area contributed by atoms with Crippen molar-refractivity contribution in [2.45, 2.75) is 52.9 Å². The third kappa shape index (κ3) is 9.65. The molecule has 33 heavy (non-hydrogen) atoms. The van der Waals surface area contributed by atoms with Gasteiger partial charge in [0.1, 0.15) is 0 Å². The van der Waals surface area contributed by atoms with Crippen molar-refractivity contribution in [3.63, 3.8) is 0 Å². The van der Waals surface area contributed by atoms with Crippen LogP contribution in [-0.4, -0.2) is 0 Å². The molecule has 1 atom stereocenters. The molecular weight excluding hydrogens is 424 g/mol. The first-order valence-electron chi connectivity index (χ1n) is 10.9. The first-order chi connectivity index (χ1) is 15.4. The van der Waals surface area contributed by atoms with Gasteiger partial charge in [-0.25, -0.2) is 17.6 Å². The van der Waals surface area contributed by atoms with E-state index in [2.05, 4.69) is 39.5 Å². The molecular formula is C29H36F4. The lowest BCUT2D eigenvalue weighted by molar-refractivity contribution is 0.507. The van der Waals surface area contributed by atoms with Gasteiger partial charge >= 0.3 is 0 Å². The van der Waals surface area contributed by atoms with Crippen LogP contribution >= 0.6 is 0 Å². The number of hydrogen-bond donors (Lipinski definition) is 0. The van der Waals surface area contributed by atoms with Crippen molar-refractivity contribution < 1.29 is 17.6 Å². The van der Waals surface area contributed by atoms with Gasteiger partial charge in [0.25, 0.3) is 0 Å². The average Bonchev–Trinajstić information content (AvgIpc) is 2.81. The van der Waals surface area contributed by atoms with Crippen molar-refractivity contribution in [3.8, 4) is 0 Å². The van der Waals surface area contributed by atoms with E-state index in [1.54, 1.807) is 6.92 Å². The van der Waals surface area contributed by atoms with Gasteiger partial charge in [0.05, 0.1) is 0 Å². The monoisotopic (exact) mass is 460 g/mol. The summed E-state index contributed by atoms with van der Waals surface area (Å²) in [7, 11) is 0. The highest BCUT2D eigenvalue weighted by Crippen LogP contribution is 2.32. The van der Waals surface area contributed by atoms with Gasteiger partial charge in [-0.1, -0.05) is 90.5 Å². The van der Waals surface area contributed by atoms with Gasteiger partial charge in [-0.2, -0.15) is 0 Å². The lowest BCUT2D eigenvalue weighted by Gasteiger charge is -2.14. The third-order valence-corrected chi connectivity index (χ3v) is 5.20. The highest BCUT2D eigenvalue weighted by molar-refractivity contribution is 5.54. The molecule has 0 aromatic rings. The maximum Gasteiger partial charge on any atom is 0.166 e. The molecule has 0 radical (unpaired) electrons. The zero-order chi connectivity index (χ0) is 25.7. The highest BCUT2D eigenvalue weighted by atomic mass is 19.2. The maximum atomic E-state index is 14.6. The molecule has 0 aliphatic carbocycles. The summed E-state index contributed by atoms with van der Waals surface area (Å²) < 4.78 is 57.8. The van der Waals surface area contributed by atoms with Gasteiger partial charge in [0.15, 0.2) is 23.3 Å². The normalized spacial score (nSPS) is 14.0. The Balaban J connectivity index is 5.34. The Labute approximate surface area is 197 Å². The lowest BCUT2D eigenvalue weighted by atomic mass is 9.94. The van der Waals surface area contributed by atoms with E-state index >= 15 is 0 Å². The third-order valence-electron chi connectivity index (χ3n) is 5.20. The van der Waals surface area contributed by atoms with Crippen LogP contribution in [0.1, 0.15) is 52.9 Å². The smallest absolute Gasteiger partial charge is 0.166 e. The van der Waals surface area contributed by atoms with Crippen LogP contribution in [0.4, 0.5) is 17.6 Å². The molecule has 0 saturated carbocycles. The molecule has 0 spiro atoms. The van der Waals surface area contributed by atoms with Crippen LogP contribution < -0.4 is 0 Å². The van der Waals surface area contributed by atoms with Crippen LogP contribution in [0.3, 0.4) is 0 Å². The van der Waals surface area contributed by atoms with Gasteiger partial charge in [-0.3, -0.25) is 0 Å². The predicted octanol–water partition coefficient (Wildman–Crippen LogP) is 10.4. The van der Waals surface area contributed by atoms with Gasteiger partial charge < -0.3 is 0 Å². The van der Waals surface area contributed by atoms with Crippen molar-refractivity contribution in [2.75, 3.05) is 0 Å². The van der Waals surface area contributed by atoms with Crippen molar-refractivity contribution in [1.29, 1.82) is 0 Å². The molecule has 0 aliphatic rings. The minimum Gasteiger partial charge on any atom is -0.203 e. The molecule has 4 heteroatoms. The molecule has 0 aliphatic heterocycles. The van der Waals surface area contributed by atoms with Crippen molar-refractivity contribution in [2.24, 2.45) is 5.92 Å². The molecule has 0 amide bonds. The fourth-order valence-corrected chi connectivity index (χ4v) is 2.68. The van der Waals surface area contributed by atoms with E-state index in [1.807, 2.05) is 26.0 Å². The highest BCUT2D eigenvalue weighted by Gasteiger charge is 2.19. The molecule has 0 heterocycles. The lowest BCUT2D eigenvalue weighted by Crippen LogP contribution is -2.01. The molecule has 0 rings (SSSR count). The number of hydrogen-bond acceptors (Lipinski definition) is 0. The first kappa shape index (κ1) is 30.1. The van der Waals surface area contributed by atoms with E-state index in [9.17, 15) is 17.6 Å². The second kappa shape index (κ2) is 15.0. The van der Waals surface area contributed by atoms with E-state index < -0.39 is 23.3 Å². The Morgan fingerprint density at radius 1 is 0.788 bits per heavy atom.